The third kappa shape index (κ3) is 4.29. The lowest BCUT2D eigenvalue weighted by Crippen LogP contribution is -2.32. The van der Waals surface area contributed by atoms with Crippen LogP contribution in [0.4, 0.5) is 10.1 Å². The number of aromatic nitrogens is 2. The molecule has 1 saturated carbocycles. The molecule has 1 fully saturated rings. The molecule has 3 heterocycles. The number of fused-ring (bicyclic) bond motifs is 1. The van der Waals surface area contributed by atoms with Crippen LogP contribution in [0.25, 0.3) is 21.3 Å². The van der Waals surface area contributed by atoms with E-state index in [0.717, 1.165) is 39.5 Å². The van der Waals surface area contributed by atoms with E-state index >= 15 is 4.39 Å². The smallest absolute Gasteiger partial charge is 0.215 e. The molecule has 6 nitrogen and oxygen atoms in total. The molecule has 1 aromatic carbocycles. The van der Waals surface area contributed by atoms with Crippen LogP contribution < -0.4 is 10.5 Å². The topological polar surface area (TPSA) is 98.0 Å². The first-order chi connectivity index (χ1) is 16.3. The maximum atomic E-state index is 15.2. The summed E-state index contributed by atoms with van der Waals surface area (Å²) in [5, 5.41) is 0.271. The first kappa shape index (κ1) is 23.2. The summed E-state index contributed by atoms with van der Waals surface area (Å²) in [5.41, 5.74) is 8.39. The van der Waals surface area contributed by atoms with Crippen LogP contribution in [-0.4, -0.2) is 23.6 Å². The van der Waals surface area contributed by atoms with Crippen molar-refractivity contribution in [1.82, 2.24) is 14.7 Å². The van der Waals surface area contributed by atoms with E-state index in [1.54, 1.807) is 6.20 Å². The molecule has 1 aliphatic carbocycles. The normalized spacial score (nSPS) is 15.0. The summed E-state index contributed by atoms with van der Waals surface area (Å²) in [5.74, 6) is -0.779. The molecule has 0 aliphatic heterocycles. The standard InChI is InChI=1S/C24H22ClFN4O2S2/c1-2-13-8-9-28-18(10-13)16-5-3-4-14-11-19(33-23(14)16)22(30-34(31,32)15-6-7-15)20-21(26)17(27)12-29-24(20)25/h3-5,8-12,15,22,30H,2,6-7,27H2,1H3. The Morgan fingerprint density at radius 2 is 2.06 bits per heavy atom. The maximum absolute atomic E-state index is 15.2. The van der Waals surface area contributed by atoms with E-state index in [4.69, 9.17) is 17.3 Å². The summed E-state index contributed by atoms with van der Waals surface area (Å²) in [6, 6.07) is 10.6. The zero-order chi connectivity index (χ0) is 24.0. The second-order valence-electron chi connectivity index (χ2n) is 8.30. The fraction of sp³-hybridized carbons (Fsp3) is 0.250. The second kappa shape index (κ2) is 8.88. The molecule has 4 aromatic rings. The average Bonchev–Trinajstić information content (AvgIpc) is 3.60. The van der Waals surface area contributed by atoms with Gasteiger partial charge in [-0.1, -0.05) is 36.7 Å². The van der Waals surface area contributed by atoms with Crippen LogP contribution in [0.3, 0.4) is 0 Å². The van der Waals surface area contributed by atoms with E-state index in [2.05, 4.69) is 21.6 Å². The van der Waals surface area contributed by atoms with Crippen LogP contribution in [0.5, 0.6) is 0 Å². The minimum atomic E-state index is -3.69. The molecule has 176 valence electrons. The van der Waals surface area contributed by atoms with Gasteiger partial charge in [-0.05, 0) is 48.4 Å². The van der Waals surface area contributed by atoms with Crippen LogP contribution in [-0.2, 0) is 16.4 Å². The average molecular weight is 517 g/mol. The highest BCUT2D eigenvalue weighted by molar-refractivity contribution is 7.90. The number of rotatable bonds is 7. The van der Waals surface area contributed by atoms with Crippen molar-refractivity contribution in [2.75, 3.05) is 5.73 Å². The van der Waals surface area contributed by atoms with Gasteiger partial charge in [0.1, 0.15) is 5.15 Å². The lowest BCUT2D eigenvalue weighted by atomic mass is 10.0. The second-order valence-corrected chi connectivity index (χ2v) is 11.7. The van der Waals surface area contributed by atoms with Crippen molar-refractivity contribution in [2.24, 2.45) is 0 Å². The number of pyridine rings is 2. The summed E-state index contributed by atoms with van der Waals surface area (Å²) in [6.07, 6.45) is 4.93. The van der Waals surface area contributed by atoms with Gasteiger partial charge in [0.05, 0.1) is 34.4 Å². The third-order valence-corrected chi connectivity index (χ3v) is 9.38. The molecular weight excluding hydrogens is 495 g/mol. The highest BCUT2D eigenvalue weighted by atomic mass is 35.5. The van der Waals surface area contributed by atoms with Crippen LogP contribution in [0.1, 0.15) is 41.8 Å². The molecular formula is C24H22ClFN4O2S2. The van der Waals surface area contributed by atoms with Crippen LogP contribution >= 0.6 is 22.9 Å². The van der Waals surface area contributed by atoms with E-state index in [1.165, 1.54) is 11.3 Å². The van der Waals surface area contributed by atoms with E-state index in [-0.39, 0.29) is 16.4 Å². The van der Waals surface area contributed by atoms with Crippen molar-refractivity contribution in [3.05, 3.63) is 75.8 Å². The van der Waals surface area contributed by atoms with Gasteiger partial charge in [-0.3, -0.25) is 4.98 Å². The molecule has 10 heteroatoms. The molecule has 3 aromatic heterocycles. The lowest BCUT2D eigenvalue weighted by molar-refractivity contribution is 0.559. The van der Waals surface area contributed by atoms with E-state index < -0.39 is 27.1 Å². The zero-order valence-electron chi connectivity index (χ0n) is 18.3. The van der Waals surface area contributed by atoms with Crippen LogP contribution in [0, 0.1) is 5.82 Å². The van der Waals surface area contributed by atoms with Gasteiger partial charge in [0, 0.05) is 21.3 Å². The number of sulfonamides is 1. The number of nitrogen functional groups attached to an aromatic ring is 1. The predicted octanol–water partition coefficient (Wildman–Crippen LogP) is 5.47. The van der Waals surface area contributed by atoms with Crippen molar-refractivity contribution < 1.29 is 12.8 Å². The number of aryl methyl sites for hydroxylation is 1. The van der Waals surface area contributed by atoms with Crippen molar-refractivity contribution >= 4 is 48.7 Å². The van der Waals surface area contributed by atoms with Gasteiger partial charge in [0.25, 0.3) is 0 Å². The highest BCUT2D eigenvalue weighted by Gasteiger charge is 2.39. The monoisotopic (exact) mass is 516 g/mol. The Balaban J connectivity index is 1.68. The Labute approximate surface area is 206 Å². The molecule has 0 amide bonds. The van der Waals surface area contributed by atoms with E-state index in [0.29, 0.717) is 17.7 Å². The predicted molar refractivity (Wildman–Crippen MR) is 135 cm³/mol. The first-order valence-electron chi connectivity index (χ1n) is 10.9. The number of halogens is 2. The maximum Gasteiger partial charge on any atom is 0.215 e. The number of anilines is 1. The first-order valence-corrected chi connectivity index (χ1v) is 13.6. The number of hydrogen-bond acceptors (Lipinski definition) is 6. The van der Waals surface area contributed by atoms with Gasteiger partial charge in [-0.15, -0.1) is 11.3 Å². The van der Waals surface area contributed by atoms with Crippen LogP contribution in [0.2, 0.25) is 5.15 Å². The number of hydrogen-bond donors (Lipinski definition) is 2. The third-order valence-electron chi connectivity index (χ3n) is 5.92. The fourth-order valence-electron chi connectivity index (χ4n) is 3.91. The Hall–Kier alpha value is -2.59. The minimum Gasteiger partial charge on any atom is -0.395 e. The van der Waals surface area contributed by atoms with Gasteiger partial charge < -0.3 is 5.73 Å². The highest BCUT2D eigenvalue weighted by Crippen LogP contribution is 2.42. The van der Waals surface area contributed by atoms with Gasteiger partial charge >= 0.3 is 0 Å². The Kier molecular flexibility index (Phi) is 6.05. The molecule has 5 rings (SSSR count). The number of nitrogens with two attached hydrogens (primary N) is 1. The van der Waals surface area contributed by atoms with E-state index in [1.807, 2.05) is 36.4 Å². The summed E-state index contributed by atoms with van der Waals surface area (Å²) in [7, 11) is -3.69. The SMILES string of the molecule is CCc1ccnc(-c2cccc3cc(C(NS(=O)(=O)C4CC4)c4c(Cl)ncc(N)c4F)sc23)c1. The summed E-state index contributed by atoms with van der Waals surface area (Å²) in [4.78, 5) is 9.10. The van der Waals surface area contributed by atoms with Gasteiger partial charge in [-0.25, -0.2) is 22.5 Å². The number of thiophene rings is 1. The summed E-state index contributed by atoms with van der Waals surface area (Å²) in [6.45, 7) is 2.08. The quantitative estimate of drug-likeness (QED) is 0.317. The molecule has 1 atom stereocenters. The van der Waals surface area contributed by atoms with Crippen molar-refractivity contribution in [3.8, 4) is 11.3 Å². The molecule has 3 N–H and O–H groups in total. The largest absolute Gasteiger partial charge is 0.395 e. The molecule has 0 saturated heterocycles. The minimum absolute atomic E-state index is 0.0786. The van der Waals surface area contributed by atoms with Gasteiger partial charge in [0.15, 0.2) is 5.82 Å². The molecule has 1 unspecified atom stereocenters. The van der Waals surface area contributed by atoms with Crippen LogP contribution in [0.15, 0.2) is 48.8 Å². The van der Waals surface area contributed by atoms with Crippen molar-refractivity contribution in [2.45, 2.75) is 37.5 Å². The number of nitrogens with one attached hydrogen (secondary N) is 1. The molecule has 34 heavy (non-hydrogen) atoms. The van der Waals surface area contributed by atoms with Crippen molar-refractivity contribution in [1.29, 1.82) is 0 Å². The Morgan fingerprint density at radius 1 is 1.26 bits per heavy atom. The number of nitrogens with zero attached hydrogens (tertiary/aromatic N) is 2. The molecule has 0 bridgehead atoms. The number of benzene rings is 1. The van der Waals surface area contributed by atoms with E-state index in [9.17, 15) is 8.42 Å². The van der Waals surface area contributed by atoms with Gasteiger partial charge in [-0.2, -0.15) is 0 Å². The Morgan fingerprint density at radius 3 is 2.79 bits per heavy atom. The molecule has 0 radical (unpaired) electrons. The summed E-state index contributed by atoms with van der Waals surface area (Å²) >= 11 is 7.65. The fourth-order valence-corrected chi connectivity index (χ4v) is 6.99. The van der Waals surface area contributed by atoms with Gasteiger partial charge in [0.2, 0.25) is 10.0 Å². The summed E-state index contributed by atoms with van der Waals surface area (Å²) < 4.78 is 44.6. The molecule has 1 aliphatic rings. The van der Waals surface area contributed by atoms with Crippen molar-refractivity contribution in [3.63, 3.8) is 0 Å². The Bertz CT molecular complexity index is 1500. The zero-order valence-corrected chi connectivity index (χ0v) is 20.6. The molecule has 0 spiro atoms. The lowest BCUT2D eigenvalue weighted by Gasteiger charge is -2.20.